The molecule has 0 aromatic carbocycles. The Bertz CT molecular complexity index is 231. The quantitative estimate of drug-likeness (QED) is 0.305. The number of rotatable bonds is 4. The van der Waals surface area contributed by atoms with E-state index in [0.29, 0.717) is 0 Å². The maximum Gasteiger partial charge on any atom is 0.132 e. The van der Waals surface area contributed by atoms with Crippen LogP contribution in [0.15, 0.2) is 0 Å². The van der Waals surface area contributed by atoms with Gasteiger partial charge in [0.25, 0.3) is 0 Å². The first-order valence-electron chi connectivity index (χ1n) is 4.74. The van der Waals surface area contributed by atoms with Gasteiger partial charge in [-0.3, -0.25) is 0 Å². The summed E-state index contributed by atoms with van der Waals surface area (Å²) in [6, 6.07) is 0. The normalized spacial score (nSPS) is 42.4. The highest BCUT2D eigenvalue weighted by molar-refractivity contribution is 5.36. The lowest BCUT2D eigenvalue weighted by molar-refractivity contribution is -0.123. The van der Waals surface area contributed by atoms with Gasteiger partial charge in [-0.05, 0) is 0 Å². The first-order valence-corrected chi connectivity index (χ1v) is 4.74. The van der Waals surface area contributed by atoms with E-state index < -0.39 is 42.0 Å². The smallest absolute Gasteiger partial charge is 0.132 e. The van der Waals surface area contributed by atoms with Gasteiger partial charge in [-0.2, -0.15) is 0 Å². The predicted molar refractivity (Wildman–Crippen MR) is 49.9 cm³/mol. The molecule has 6 N–H and O–H groups in total. The summed E-state index contributed by atoms with van der Waals surface area (Å²) in [5, 5.41) is 56.4. The van der Waals surface area contributed by atoms with Crippen molar-refractivity contribution in [3.8, 4) is 0 Å². The Labute approximate surface area is 87.4 Å². The highest BCUT2D eigenvalue weighted by Gasteiger charge is 2.87. The fraction of sp³-hybridized carbons (Fsp3) is 1.00. The van der Waals surface area contributed by atoms with Crippen molar-refractivity contribution in [2.24, 2.45) is 5.41 Å². The Kier molecular flexibility index (Phi) is 2.89. The Morgan fingerprint density at radius 2 is 1.13 bits per heavy atom. The molecular formula is C9H18O6. The van der Waals surface area contributed by atoms with Gasteiger partial charge in [0.15, 0.2) is 0 Å². The average Bonchev–Trinajstić information content (AvgIpc) is 2.57. The molecule has 0 aromatic rings. The lowest BCUT2D eigenvalue weighted by Gasteiger charge is -2.23. The molecule has 0 saturated heterocycles. The minimum absolute atomic E-state index is 0.736. The minimum Gasteiger partial charge on any atom is -0.394 e. The number of hydrogen-bond acceptors (Lipinski definition) is 6. The van der Waals surface area contributed by atoms with Crippen LogP contribution in [0.25, 0.3) is 0 Å². The van der Waals surface area contributed by atoms with E-state index >= 15 is 0 Å². The first-order chi connectivity index (χ1) is 6.71. The van der Waals surface area contributed by atoms with E-state index in [-0.39, 0.29) is 0 Å². The summed E-state index contributed by atoms with van der Waals surface area (Å²) >= 11 is 0. The molecule has 0 aliphatic heterocycles. The molecule has 0 amide bonds. The molecule has 1 aliphatic carbocycles. The van der Waals surface area contributed by atoms with Crippen LogP contribution in [-0.2, 0) is 0 Å². The van der Waals surface area contributed by atoms with Crippen LogP contribution < -0.4 is 0 Å². The summed E-state index contributed by atoms with van der Waals surface area (Å²) in [6.45, 7) is 1.40. The fourth-order valence-electron chi connectivity index (χ4n) is 2.50. The van der Waals surface area contributed by atoms with Crippen LogP contribution in [0.5, 0.6) is 0 Å². The summed E-state index contributed by atoms with van der Waals surface area (Å²) in [7, 11) is 0. The first kappa shape index (κ1) is 12.8. The zero-order valence-corrected chi connectivity index (χ0v) is 8.75. The lowest BCUT2D eigenvalue weighted by Crippen LogP contribution is -2.46. The molecule has 0 bridgehead atoms. The third-order valence-corrected chi connectivity index (χ3v) is 3.73. The van der Waals surface area contributed by atoms with Gasteiger partial charge in [-0.15, -0.1) is 0 Å². The van der Waals surface area contributed by atoms with E-state index in [4.69, 9.17) is 10.2 Å². The molecule has 1 aliphatic rings. The Balaban J connectivity index is 3.04. The SMILES string of the molecule is CC1(C)[C@](O)([C@@H](O)CO)[C@@]1(O)[C@@H](O)CO. The van der Waals surface area contributed by atoms with Crippen molar-refractivity contribution in [2.45, 2.75) is 37.3 Å². The van der Waals surface area contributed by atoms with Crippen molar-refractivity contribution < 1.29 is 30.6 Å². The van der Waals surface area contributed by atoms with Crippen LogP contribution in [0.3, 0.4) is 0 Å². The monoisotopic (exact) mass is 222 g/mol. The Morgan fingerprint density at radius 1 is 0.867 bits per heavy atom. The number of aliphatic hydroxyl groups excluding tert-OH is 4. The van der Waals surface area contributed by atoms with E-state index in [1.807, 2.05) is 0 Å². The zero-order valence-electron chi connectivity index (χ0n) is 8.75. The zero-order chi connectivity index (χ0) is 12.1. The molecular weight excluding hydrogens is 204 g/mol. The van der Waals surface area contributed by atoms with Crippen LogP contribution in [-0.4, -0.2) is 67.3 Å². The minimum atomic E-state index is -2.02. The highest BCUT2D eigenvalue weighted by atomic mass is 16.4. The summed E-state index contributed by atoms with van der Waals surface area (Å²) < 4.78 is 0. The van der Waals surface area contributed by atoms with Crippen LogP contribution in [0.2, 0.25) is 0 Å². The van der Waals surface area contributed by atoms with Crippen molar-refractivity contribution in [1.82, 2.24) is 0 Å². The van der Waals surface area contributed by atoms with Crippen LogP contribution >= 0.6 is 0 Å². The molecule has 0 aromatic heterocycles. The summed E-state index contributed by atoms with van der Waals surface area (Å²) in [5.41, 5.74) is -5.24. The highest BCUT2D eigenvalue weighted by Crippen LogP contribution is 2.67. The van der Waals surface area contributed by atoms with E-state index in [9.17, 15) is 20.4 Å². The van der Waals surface area contributed by atoms with Crippen LogP contribution in [0.4, 0.5) is 0 Å². The van der Waals surface area contributed by atoms with Gasteiger partial charge in [0, 0.05) is 5.41 Å². The van der Waals surface area contributed by atoms with Crippen molar-refractivity contribution in [3.63, 3.8) is 0 Å². The van der Waals surface area contributed by atoms with E-state index in [0.717, 1.165) is 0 Å². The van der Waals surface area contributed by atoms with Gasteiger partial charge in [0.1, 0.15) is 23.4 Å². The van der Waals surface area contributed by atoms with Crippen molar-refractivity contribution in [1.29, 1.82) is 0 Å². The van der Waals surface area contributed by atoms with Crippen LogP contribution in [0.1, 0.15) is 13.8 Å². The van der Waals surface area contributed by atoms with Gasteiger partial charge in [-0.25, -0.2) is 0 Å². The van der Waals surface area contributed by atoms with E-state index in [1.165, 1.54) is 13.8 Å². The second kappa shape index (κ2) is 3.38. The Hall–Kier alpha value is -0.240. The molecule has 0 unspecified atom stereocenters. The fourth-order valence-corrected chi connectivity index (χ4v) is 2.50. The van der Waals surface area contributed by atoms with Gasteiger partial charge >= 0.3 is 0 Å². The van der Waals surface area contributed by atoms with Crippen LogP contribution in [0, 0.1) is 5.41 Å². The largest absolute Gasteiger partial charge is 0.394 e. The molecule has 6 nitrogen and oxygen atoms in total. The molecule has 0 spiro atoms. The summed E-state index contributed by atoms with van der Waals surface area (Å²) in [4.78, 5) is 0. The van der Waals surface area contributed by atoms with E-state index in [1.54, 1.807) is 0 Å². The second-order valence-electron chi connectivity index (χ2n) is 4.55. The third kappa shape index (κ3) is 1.15. The third-order valence-electron chi connectivity index (χ3n) is 3.73. The van der Waals surface area contributed by atoms with Crippen molar-refractivity contribution >= 4 is 0 Å². The summed E-state index contributed by atoms with van der Waals surface area (Å²) in [5.74, 6) is 0. The average molecular weight is 222 g/mol. The van der Waals surface area contributed by atoms with Gasteiger partial charge in [-0.1, -0.05) is 13.8 Å². The number of aliphatic hydroxyl groups is 6. The second-order valence-corrected chi connectivity index (χ2v) is 4.55. The standard InChI is InChI=1S/C9H18O6/c1-7(2)8(14,5(12)3-10)9(7,15)6(13)4-11/h5-6,10-15H,3-4H2,1-2H3/t5-,6-,8+,9+/m0/s1. The molecule has 90 valence electrons. The molecule has 6 heteroatoms. The molecule has 15 heavy (non-hydrogen) atoms. The van der Waals surface area contributed by atoms with Crippen molar-refractivity contribution in [3.05, 3.63) is 0 Å². The van der Waals surface area contributed by atoms with Gasteiger partial charge < -0.3 is 30.6 Å². The lowest BCUT2D eigenvalue weighted by atomic mass is 10.0. The Morgan fingerprint density at radius 3 is 1.33 bits per heavy atom. The molecule has 0 radical (unpaired) electrons. The molecule has 4 atom stereocenters. The predicted octanol–water partition coefficient (Wildman–Crippen LogP) is -2.81. The maximum atomic E-state index is 10.0. The van der Waals surface area contributed by atoms with Gasteiger partial charge in [0.2, 0.25) is 0 Å². The molecule has 0 heterocycles. The maximum absolute atomic E-state index is 10.0. The molecule has 1 saturated carbocycles. The summed E-state index contributed by atoms with van der Waals surface area (Å²) in [6.07, 6.45) is -3.14. The molecule has 1 fully saturated rings. The molecule has 1 rings (SSSR count). The number of hydrogen-bond donors (Lipinski definition) is 6. The van der Waals surface area contributed by atoms with Crippen molar-refractivity contribution in [2.75, 3.05) is 13.2 Å². The van der Waals surface area contributed by atoms with E-state index in [2.05, 4.69) is 0 Å². The topological polar surface area (TPSA) is 121 Å². The van der Waals surface area contributed by atoms with Gasteiger partial charge in [0.05, 0.1) is 13.2 Å².